The smallest absolute Gasteiger partial charge is 0.261 e. The van der Waals surface area contributed by atoms with Gasteiger partial charge in [0.25, 0.3) is 11.5 Å². The summed E-state index contributed by atoms with van der Waals surface area (Å²) in [6.07, 6.45) is 0. The number of amides is 1. The Labute approximate surface area is 188 Å². The fraction of sp³-hybridized carbons (Fsp3) is 0.400. The Morgan fingerprint density at radius 2 is 1.84 bits per heavy atom. The van der Waals surface area contributed by atoms with Crippen molar-refractivity contribution >= 4 is 16.8 Å². The van der Waals surface area contributed by atoms with Gasteiger partial charge in [0, 0.05) is 19.2 Å². The summed E-state index contributed by atoms with van der Waals surface area (Å²) in [6.45, 7) is 7.28. The van der Waals surface area contributed by atoms with E-state index in [0.717, 1.165) is 0 Å². The number of aromatic nitrogens is 2. The van der Waals surface area contributed by atoms with Gasteiger partial charge in [-0.3, -0.25) is 14.2 Å². The second-order valence-corrected chi connectivity index (χ2v) is 8.20. The van der Waals surface area contributed by atoms with Crippen LogP contribution in [0, 0.1) is 5.92 Å². The van der Waals surface area contributed by atoms with E-state index in [2.05, 4.69) is 13.8 Å². The van der Waals surface area contributed by atoms with Crippen molar-refractivity contribution in [1.29, 1.82) is 0 Å². The molecule has 0 saturated carbocycles. The minimum Gasteiger partial charge on any atom is -0.497 e. The fourth-order valence-electron chi connectivity index (χ4n) is 3.77. The predicted molar refractivity (Wildman–Crippen MR) is 125 cm³/mol. The van der Waals surface area contributed by atoms with Crippen molar-refractivity contribution in [2.75, 3.05) is 27.4 Å². The number of benzene rings is 2. The normalized spacial score (nSPS) is 12.2. The highest BCUT2D eigenvalue weighted by Gasteiger charge is 2.28. The van der Waals surface area contributed by atoms with Crippen molar-refractivity contribution in [2.45, 2.75) is 33.4 Å². The number of carbonyl (C=O) groups excluding carboxylic acids is 1. The average Bonchev–Trinajstić information content (AvgIpc) is 2.81. The van der Waals surface area contributed by atoms with Gasteiger partial charge in [-0.15, -0.1) is 0 Å². The number of nitrogens with zero attached hydrogens (tertiary/aromatic N) is 3. The summed E-state index contributed by atoms with van der Waals surface area (Å²) >= 11 is 0. The molecule has 0 aliphatic rings. The first-order valence-corrected chi connectivity index (χ1v) is 10.8. The van der Waals surface area contributed by atoms with Crippen LogP contribution >= 0.6 is 0 Å². The first-order valence-electron chi connectivity index (χ1n) is 10.8. The number of ether oxygens (including phenoxy) is 2. The molecule has 0 aliphatic heterocycles. The number of fused-ring (bicyclic) bond motifs is 1. The third kappa shape index (κ3) is 4.99. The maximum Gasteiger partial charge on any atom is 0.261 e. The molecule has 0 radical (unpaired) electrons. The number of para-hydroxylation sites is 1. The SMILES string of the molecule is COCCn1c(C(C)N(CC(C)C)C(=O)c2cccc(OC)c2)nc2ccccc2c1=O. The topological polar surface area (TPSA) is 73.7 Å². The average molecular weight is 438 g/mol. The zero-order valence-corrected chi connectivity index (χ0v) is 19.4. The molecule has 2 aromatic carbocycles. The molecule has 170 valence electrons. The van der Waals surface area contributed by atoms with E-state index in [1.807, 2.05) is 25.1 Å². The lowest BCUT2D eigenvalue weighted by molar-refractivity contribution is 0.0650. The summed E-state index contributed by atoms with van der Waals surface area (Å²) in [6, 6.07) is 14.0. The molecular weight excluding hydrogens is 406 g/mol. The van der Waals surface area contributed by atoms with Crippen molar-refractivity contribution in [3.05, 3.63) is 70.3 Å². The monoisotopic (exact) mass is 437 g/mol. The lowest BCUT2D eigenvalue weighted by Gasteiger charge is -2.32. The lowest BCUT2D eigenvalue weighted by atomic mass is 10.1. The zero-order valence-electron chi connectivity index (χ0n) is 19.4. The first kappa shape index (κ1) is 23.5. The van der Waals surface area contributed by atoms with E-state index < -0.39 is 6.04 Å². The van der Waals surface area contributed by atoms with E-state index in [4.69, 9.17) is 14.5 Å². The molecule has 1 aromatic heterocycles. The van der Waals surface area contributed by atoms with Crippen LogP contribution in [0.2, 0.25) is 0 Å². The number of rotatable bonds is 9. The molecule has 1 heterocycles. The molecule has 32 heavy (non-hydrogen) atoms. The fourth-order valence-corrected chi connectivity index (χ4v) is 3.77. The Kier molecular flexibility index (Phi) is 7.64. The molecule has 0 N–H and O–H groups in total. The van der Waals surface area contributed by atoms with Gasteiger partial charge in [0.1, 0.15) is 11.6 Å². The highest BCUT2D eigenvalue weighted by atomic mass is 16.5. The van der Waals surface area contributed by atoms with E-state index in [9.17, 15) is 9.59 Å². The zero-order chi connectivity index (χ0) is 23.3. The van der Waals surface area contributed by atoms with Crippen molar-refractivity contribution in [3.8, 4) is 5.75 Å². The van der Waals surface area contributed by atoms with Crippen molar-refractivity contribution < 1.29 is 14.3 Å². The summed E-state index contributed by atoms with van der Waals surface area (Å²) < 4.78 is 12.2. The van der Waals surface area contributed by atoms with Gasteiger partial charge < -0.3 is 14.4 Å². The van der Waals surface area contributed by atoms with Gasteiger partial charge in [0.15, 0.2) is 0 Å². The molecule has 7 heteroatoms. The van der Waals surface area contributed by atoms with Crippen LogP contribution in [0.25, 0.3) is 10.9 Å². The number of hydrogen-bond acceptors (Lipinski definition) is 5. The van der Waals surface area contributed by atoms with Crippen LogP contribution in [0.15, 0.2) is 53.3 Å². The number of methoxy groups -OCH3 is 2. The van der Waals surface area contributed by atoms with Gasteiger partial charge in [-0.1, -0.05) is 32.0 Å². The quantitative estimate of drug-likeness (QED) is 0.507. The minimum atomic E-state index is -0.426. The molecule has 7 nitrogen and oxygen atoms in total. The molecule has 3 aromatic rings. The second-order valence-electron chi connectivity index (χ2n) is 8.20. The van der Waals surface area contributed by atoms with Gasteiger partial charge in [0.2, 0.25) is 0 Å². The van der Waals surface area contributed by atoms with Crippen molar-refractivity contribution in [1.82, 2.24) is 14.5 Å². The maximum absolute atomic E-state index is 13.6. The predicted octanol–water partition coefficient (Wildman–Crippen LogP) is 3.91. The largest absolute Gasteiger partial charge is 0.497 e. The molecular formula is C25H31N3O4. The second kappa shape index (κ2) is 10.4. The first-order chi connectivity index (χ1) is 15.4. The maximum atomic E-state index is 13.6. The van der Waals surface area contributed by atoms with Crippen LogP contribution in [-0.4, -0.2) is 47.7 Å². The number of hydrogen-bond donors (Lipinski definition) is 0. The Balaban J connectivity index is 2.11. The van der Waals surface area contributed by atoms with Crippen LogP contribution in [0.1, 0.15) is 43.0 Å². The summed E-state index contributed by atoms with van der Waals surface area (Å²) in [5.41, 5.74) is 1.02. The molecule has 0 spiro atoms. The summed E-state index contributed by atoms with van der Waals surface area (Å²) in [5.74, 6) is 1.26. The third-order valence-electron chi connectivity index (χ3n) is 5.39. The Bertz CT molecular complexity index is 1140. The van der Waals surface area contributed by atoms with E-state index in [-0.39, 0.29) is 17.4 Å². The lowest BCUT2D eigenvalue weighted by Crippen LogP contribution is -2.40. The molecule has 1 unspecified atom stereocenters. The molecule has 0 saturated heterocycles. The van der Waals surface area contributed by atoms with Crippen molar-refractivity contribution in [2.24, 2.45) is 5.92 Å². The van der Waals surface area contributed by atoms with Gasteiger partial charge in [-0.05, 0) is 43.2 Å². The molecule has 0 bridgehead atoms. The van der Waals surface area contributed by atoms with Crippen LogP contribution in [0.4, 0.5) is 0 Å². The van der Waals surface area contributed by atoms with Crippen LogP contribution in [0.3, 0.4) is 0 Å². The molecule has 1 atom stereocenters. The Morgan fingerprint density at radius 3 is 2.53 bits per heavy atom. The molecule has 1 amide bonds. The van der Waals surface area contributed by atoms with E-state index in [1.165, 1.54) is 0 Å². The third-order valence-corrected chi connectivity index (χ3v) is 5.39. The van der Waals surface area contributed by atoms with Crippen LogP contribution < -0.4 is 10.3 Å². The summed E-state index contributed by atoms with van der Waals surface area (Å²) in [7, 11) is 3.17. The highest BCUT2D eigenvalue weighted by Crippen LogP contribution is 2.25. The van der Waals surface area contributed by atoms with Gasteiger partial charge in [-0.2, -0.15) is 0 Å². The van der Waals surface area contributed by atoms with Crippen LogP contribution in [-0.2, 0) is 11.3 Å². The molecule has 3 rings (SSSR count). The van der Waals surface area contributed by atoms with Gasteiger partial charge in [0.05, 0.1) is 37.2 Å². The number of carbonyl (C=O) groups is 1. The van der Waals surface area contributed by atoms with Crippen LogP contribution in [0.5, 0.6) is 5.75 Å². The summed E-state index contributed by atoms with van der Waals surface area (Å²) in [4.78, 5) is 33.4. The van der Waals surface area contributed by atoms with Crippen molar-refractivity contribution in [3.63, 3.8) is 0 Å². The van der Waals surface area contributed by atoms with E-state index >= 15 is 0 Å². The van der Waals surface area contributed by atoms with E-state index in [1.54, 1.807) is 54.0 Å². The van der Waals surface area contributed by atoms with Gasteiger partial charge in [-0.25, -0.2) is 4.98 Å². The standard InChI is InChI=1S/C25H31N3O4/c1-17(2)16-28(24(29)19-9-8-10-20(15-19)32-5)18(3)23-26-22-12-7-6-11-21(22)25(30)27(23)13-14-31-4/h6-12,15,17-18H,13-14,16H2,1-5H3. The highest BCUT2D eigenvalue weighted by molar-refractivity contribution is 5.95. The Morgan fingerprint density at radius 1 is 1.09 bits per heavy atom. The van der Waals surface area contributed by atoms with Gasteiger partial charge >= 0.3 is 0 Å². The Hall–Kier alpha value is -3.19. The summed E-state index contributed by atoms with van der Waals surface area (Å²) in [5, 5.41) is 0.550. The molecule has 0 aliphatic carbocycles. The van der Waals surface area contributed by atoms with E-state index in [0.29, 0.717) is 47.7 Å². The molecule has 0 fully saturated rings. The minimum absolute atomic E-state index is 0.132.